The van der Waals surface area contributed by atoms with Gasteiger partial charge in [0.05, 0.1) is 19.2 Å². The van der Waals surface area contributed by atoms with Crippen molar-refractivity contribution in [2.75, 3.05) is 0 Å². The fourth-order valence-corrected chi connectivity index (χ4v) is 1.99. The molecule has 2 rings (SSSR count). The summed E-state index contributed by atoms with van der Waals surface area (Å²) >= 11 is 0. The molecular formula is C13H17N3O4. The number of hydrogen-bond donors (Lipinski definition) is 2. The molecule has 0 aliphatic carbocycles. The minimum absolute atomic E-state index is 0.00562. The van der Waals surface area contributed by atoms with Gasteiger partial charge in [-0.2, -0.15) is 0 Å². The maximum atomic E-state index is 12.1. The quantitative estimate of drug-likeness (QED) is 0.773. The molecular weight excluding hydrogens is 262 g/mol. The van der Waals surface area contributed by atoms with Crippen molar-refractivity contribution >= 4 is 17.8 Å². The lowest BCUT2D eigenvalue weighted by atomic mass is 10.2. The van der Waals surface area contributed by atoms with E-state index >= 15 is 0 Å². The topological polar surface area (TPSA) is 91.7 Å². The summed E-state index contributed by atoms with van der Waals surface area (Å²) < 4.78 is 5.11. The van der Waals surface area contributed by atoms with Crippen LogP contribution < -0.4 is 10.6 Å². The SMILES string of the molecule is CC(C)NC(=O)C[C@@H]1NC(=O)N(Cc2ccco2)C1=O. The third kappa shape index (κ3) is 3.17. The minimum Gasteiger partial charge on any atom is -0.467 e. The van der Waals surface area contributed by atoms with Crippen LogP contribution in [0.5, 0.6) is 0 Å². The smallest absolute Gasteiger partial charge is 0.325 e. The van der Waals surface area contributed by atoms with Crippen LogP contribution >= 0.6 is 0 Å². The number of nitrogens with one attached hydrogen (secondary N) is 2. The summed E-state index contributed by atoms with van der Waals surface area (Å²) in [5.74, 6) is -0.162. The maximum absolute atomic E-state index is 12.1. The van der Waals surface area contributed by atoms with E-state index in [1.54, 1.807) is 12.1 Å². The molecule has 20 heavy (non-hydrogen) atoms. The number of furan rings is 1. The molecule has 1 aromatic rings. The second kappa shape index (κ2) is 5.77. The number of nitrogens with zero attached hydrogens (tertiary/aromatic N) is 1. The molecule has 7 nitrogen and oxygen atoms in total. The monoisotopic (exact) mass is 279 g/mol. The maximum Gasteiger partial charge on any atom is 0.325 e. The molecule has 1 fully saturated rings. The Hall–Kier alpha value is -2.31. The van der Waals surface area contributed by atoms with E-state index in [2.05, 4.69) is 10.6 Å². The Kier molecular flexibility index (Phi) is 4.07. The molecule has 2 heterocycles. The van der Waals surface area contributed by atoms with Gasteiger partial charge in [-0.25, -0.2) is 4.79 Å². The molecule has 2 N–H and O–H groups in total. The summed E-state index contributed by atoms with van der Waals surface area (Å²) in [6, 6.07) is 2.04. The second-order valence-electron chi connectivity index (χ2n) is 4.93. The molecule has 4 amide bonds. The van der Waals surface area contributed by atoms with Gasteiger partial charge in [0.2, 0.25) is 5.91 Å². The molecule has 0 radical (unpaired) electrons. The summed E-state index contributed by atoms with van der Waals surface area (Å²) in [4.78, 5) is 36.5. The molecule has 1 aliphatic heterocycles. The zero-order chi connectivity index (χ0) is 14.7. The van der Waals surface area contributed by atoms with Crippen LogP contribution in [0.25, 0.3) is 0 Å². The van der Waals surface area contributed by atoms with E-state index in [0.717, 1.165) is 4.90 Å². The predicted molar refractivity (Wildman–Crippen MR) is 69.5 cm³/mol. The van der Waals surface area contributed by atoms with Gasteiger partial charge in [0.1, 0.15) is 11.8 Å². The van der Waals surface area contributed by atoms with Gasteiger partial charge in [0, 0.05) is 6.04 Å². The van der Waals surface area contributed by atoms with E-state index in [9.17, 15) is 14.4 Å². The van der Waals surface area contributed by atoms with E-state index in [1.807, 2.05) is 13.8 Å². The predicted octanol–water partition coefficient (Wildman–Crippen LogP) is 0.615. The zero-order valence-corrected chi connectivity index (χ0v) is 11.4. The molecule has 1 atom stereocenters. The average Bonchev–Trinajstić information content (AvgIpc) is 2.93. The van der Waals surface area contributed by atoms with Crippen molar-refractivity contribution in [2.45, 2.75) is 38.9 Å². The molecule has 0 unspecified atom stereocenters. The normalized spacial score (nSPS) is 18.6. The number of carbonyl (C=O) groups excluding carboxylic acids is 3. The van der Waals surface area contributed by atoms with Crippen LogP contribution in [0.2, 0.25) is 0 Å². The number of rotatable bonds is 5. The largest absolute Gasteiger partial charge is 0.467 e. The van der Waals surface area contributed by atoms with Gasteiger partial charge in [-0.3, -0.25) is 14.5 Å². The van der Waals surface area contributed by atoms with Crippen molar-refractivity contribution in [1.82, 2.24) is 15.5 Å². The molecule has 0 bridgehead atoms. The summed E-state index contributed by atoms with van der Waals surface area (Å²) in [5, 5.41) is 5.19. The first-order chi connectivity index (χ1) is 9.47. The molecule has 1 saturated heterocycles. The molecule has 0 aromatic carbocycles. The summed E-state index contributed by atoms with van der Waals surface area (Å²) in [7, 11) is 0. The number of carbonyl (C=O) groups is 3. The van der Waals surface area contributed by atoms with Crippen molar-refractivity contribution in [3.63, 3.8) is 0 Å². The van der Waals surface area contributed by atoms with Crippen molar-refractivity contribution in [3.8, 4) is 0 Å². The van der Waals surface area contributed by atoms with Gasteiger partial charge in [0.25, 0.3) is 5.91 Å². The Morgan fingerprint density at radius 3 is 2.85 bits per heavy atom. The average molecular weight is 279 g/mol. The Morgan fingerprint density at radius 1 is 1.50 bits per heavy atom. The van der Waals surface area contributed by atoms with Gasteiger partial charge in [0.15, 0.2) is 0 Å². The lowest BCUT2D eigenvalue weighted by Crippen LogP contribution is -2.38. The molecule has 0 saturated carbocycles. The Labute approximate surface area is 116 Å². The van der Waals surface area contributed by atoms with Gasteiger partial charge >= 0.3 is 6.03 Å². The number of hydrogen-bond acceptors (Lipinski definition) is 4. The Balaban J connectivity index is 1.96. The highest BCUT2D eigenvalue weighted by molar-refractivity contribution is 6.05. The van der Waals surface area contributed by atoms with Gasteiger partial charge in [-0.15, -0.1) is 0 Å². The van der Waals surface area contributed by atoms with E-state index < -0.39 is 18.0 Å². The minimum atomic E-state index is -0.809. The fourth-order valence-electron chi connectivity index (χ4n) is 1.99. The highest BCUT2D eigenvalue weighted by atomic mass is 16.3. The van der Waals surface area contributed by atoms with Gasteiger partial charge in [-0.1, -0.05) is 0 Å². The summed E-state index contributed by atoms with van der Waals surface area (Å²) in [6.45, 7) is 3.73. The first kappa shape index (κ1) is 14.1. The number of imide groups is 1. The molecule has 1 aromatic heterocycles. The molecule has 7 heteroatoms. The van der Waals surface area contributed by atoms with E-state index in [4.69, 9.17) is 4.42 Å². The molecule has 0 spiro atoms. The first-order valence-electron chi connectivity index (χ1n) is 6.41. The second-order valence-corrected chi connectivity index (χ2v) is 4.93. The van der Waals surface area contributed by atoms with E-state index in [0.29, 0.717) is 5.76 Å². The summed E-state index contributed by atoms with van der Waals surface area (Å²) in [5.41, 5.74) is 0. The molecule has 108 valence electrons. The van der Waals surface area contributed by atoms with Crippen LogP contribution in [-0.2, 0) is 16.1 Å². The number of urea groups is 1. The van der Waals surface area contributed by atoms with Crippen LogP contribution in [0.1, 0.15) is 26.0 Å². The summed E-state index contributed by atoms with van der Waals surface area (Å²) in [6.07, 6.45) is 1.42. The molecule has 1 aliphatic rings. The van der Waals surface area contributed by atoms with Gasteiger partial charge < -0.3 is 15.1 Å². The highest BCUT2D eigenvalue weighted by Gasteiger charge is 2.39. The first-order valence-corrected chi connectivity index (χ1v) is 6.41. The van der Waals surface area contributed by atoms with Crippen LogP contribution in [0.4, 0.5) is 4.79 Å². The Morgan fingerprint density at radius 2 is 2.25 bits per heavy atom. The Bertz CT molecular complexity index is 510. The zero-order valence-electron chi connectivity index (χ0n) is 11.4. The standard InChI is InChI=1S/C13H17N3O4/c1-8(2)14-11(17)6-10-12(18)16(13(19)15-10)7-9-4-3-5-20-9/h3-5,8,10H,6-7H2,1-2H3,(H,14,17)(H,15,19)/t10-/m0/s1. The lowest BCUT2D eigenvalue weighted by molar-refractivity contribution is -0.131. The van der Waals surface area contributed by atoms with Crippen LogP contribution in [-0.4, -0.2) is 34.8 Å². The van der Waals surface area contributed by atoms with Crippen molar-refractivity contribution in [3.05, 3.63) is 24.2 Å². The number of amides is 4. The van der Waals surface area contributed by atoms with Crippen LogP contribution in [0, 0.1) is 0 Å². The highest BCUT2D eigenvalue weighted by Crippen LogP contribution is 2.14. The van der Waals surface area contributed by atoms with Crippen molar-refractivity contribution in [1.29, 1.82) is 0 Å². The fraction of sp³-hybridized carbons (Fsp3) is 0.462. The van der Waals surface area contributed by atoms with Gasteiger partial charge in [-0.05, 0) is 26.0 Å². The van der Waals surface area contributed by atoms with Crippen molar-refractivity contribution < 1.29 is 18.8 Å². The van der Waals surface area contributed by atoms with Crippen molar-refractivity contribution in [2.24, 2.45) is 0 Å². The third-order valence-electron chi connectivity index (χ3n) is 2.84. The lowest BCUT2D eigenvalue weighted by Gasteiger charge is -2.12. The van der Waals surface area contributed by atoms with E-state index in [-0.39, 0.29) is 24.9 Å². The van der Waals surface area contributed by atoms with E-state index in [1.165, 1.54) is 6.26 Å². The van der Waals surface area contributed by atoms with Crippen LogP contribution in [0.15, 0.2) is 22.8 Å². The third-order valence-corrected chi connectivity index (χ3v) is 2.84. The van der Waals surface area contributed by atoms with Crippen LogP contribution in [0.3, 0.4) is 0 Å².